The van der Waals surface area contributed by atoms with Gasteiger partial charge < -0.3 is 4.42 Å². The molecule has 19 heavy (non-hydrogen) atoms. The Labute approximate surface area is 113 Å². The van der Waals surface area contributed by atoms with Crippen molar-refractivity contribution in [1.82, 2.24) is 0 Å². The number of aryl methyl sites for hydroxylation is 1. The fraction of sp³-hybridized carbons (Fsp3) is 0.471. The lowest BCUT2D eigenvalue weighted by Crippen LogP contribution is -2.01. The number of fused-ring (bicyclic) bond motifs is 1. The van der Waals surface area contributed by atoms with Crippen LogP contribution in [0, 0.1) is 12.8 Å². The van der Waals surface area contributed by atoms with Crippen LogP contribution in [0.15, 0.2) is 28.7 Å². The smallest absolute Gasteiger partial charge is 0.198 e. The van der Waals surface area contributed by atoms with E-state index in [1.165, 1.54) is 31.2 Å². The normalized spacial score (nSPS) is 16.3. The highest BCUT2D eigenvalue weighted by Gasteiger charge is 2.18. The molecule has 0 N–H and O–H groups in total. The van der Waals surface area contributed by atoms with Gasteiger partial charge in [-0.1, -0.05) is 37.3 Å². The van der Waals surface area contributed by atoms with Crippen LogP contribution < -0.4 is 0 Å². The van der Waals surface area contributed by atoms with Crippen molar-refractivity contribution in [2.75, 3.05) is 0 Å². The van der Waals surface area contributed by atoms with E-state index in [-0.39, 0.29) is 5.78 Å². The molecule has 2 heteroatoms. The SMILES string of the molecule is Cc1ccc2oc(C(=O)CCC3CCCC3)cc2c1. The van der Waals surface area contributed by atoms with Gasteiger partial charge in [-0.05, 0) is 37.5 Å². The monoisotopic (exact) mass is 256 g/mol. The molecule has 1 aliphatic carbocycles. The van der Waals surface area contributed by atoms with Gasteiger partial charge >= 0.3 is 0 Å². The van der Waals surface area contributed by atoms with E-state index >= 15 is 0 Å². The van der Waals surface area contributed by atoms with Crippen molar-refractivity contribution in [2.45, 2.75) is 45.4 Å². The number of furan rings is 1. The third kappa shape index (κ3) is 2.73. The van der Waals surface area contributed by atoms with E-state index in [1.807, 2.05) is 25.1 Å². The van der Waals surface area contributed by atoms with Gasteiger partial charge in [-0.25, -0.2) is 0 Å². The van der Waals surface area contributed by atoms with Crippen LogP contribution in [0.25, 0.3) is 11.0 Å². The zero-order valence-corrected chi connectivity index (χ0v) is 11.4. The van der Waals surface area contributed by atoms with Crippen molar-refractivity contribution in [3.05, 3.63) is 35.6 Å². The second-order valence-electron chi connectivity index (χ2n) is 5.76. The molecule has 0 saturated heterocycles. The summed E-state index contributed by atoms with van der Waals surface area (Å²) in [5, 5.41) is 1.03. The molecule has 100 valence electrons. The fourth-order valence-corrected chi connectivity index (χ4v) is 3.06. The minimum atomic E-state index is 0.153. The molecule has 1 aromatic heterocycles. The molecule has 1 saturated carbocycles. The lowest BCUT2D eigenvalue weighted by atomic mass is 9.99. The molecular formula is C17H20O2. The maximum atomic E-state index is 12.2. The first-order valence-corrected chi connectivity index (χ1v) is 7.26. The van der Waals surface area contributed by atoms with Crippen molar-refractivity contribution in [3.8, 4) is 0 Å². The van der Waals surface area contributed by atoms with Gasteiger partial charge in [-0.3, -0.25) is 4.79 Å². The van der Waals surface area contributed by atoms with Crippen LogP contribution in [0.4, 0.5) is 0 Å². The van der Waals surface area contributed by atoms with Crippen molar-refractivity contribution in [1.29, 1.82) is 0 Å². The van der Waals surface area contributed by atoms with Crippen molar-refractivity contribution in [2.24, 2.45) is 5.92 Å². The molecular weight excluding hydrogens is 236 g/mol. The van der Waals surface area contributed by atoms with Crippen LogP contribution in [0.2, 0.25) is 0 Å². The van der Waals surface area contributed by atoms with Gasteiger partial charge in [-0.15, -0.1) is 0 Å². The van der Waals surface area contributed by atoms with Crippen molar-refractivity contribution < 1.29 is 9.21 Å². The van der Waals surface area contributed by atoms with E-state index < -0.39 is 0 Å². The van der Waals surface area contributed by atoms with Crippen LogP contribution in [0.5, 0.6) is 0 Å². The molecule has 1 aliphatic rings. The number of carbonyl (C=O) groups is 1. The van der Waals surface area contributed by atoms with Crippen molar-refractivity contribution >= 4 is 16.8 Å². The Balaban J connectivity index is 1.70. The van der Waals surface area contributed by atoms with Crippen LogP contribution >= 0.6 is 0 Å². The molecule has 1 heterocycles. The van der Waals surface area contributed by atoms with Crippen LogP contribution in [-0.2, 0) is 0 Å². The Morgan fingerprint density at radius 3 is 2.84 bits per heavy atom. The van der Waals surface area contributed by atoms with E-state index in [2.05, 4.69) is 6.07 Å². The van der Waals surface area contributed by atoms with E-state index in [9.17, 15) is 4.79 Å². The molecule has 0 spiro atoms. The number of hydrogen-bond donors (Lipinski definition) is 0. The second-order valence-corrected chi connectivity index (χ2v) is 5.76. The van der Waals surface area contributed by atoms with Gasteiger partial charge in [0.2, 0.25) is 0 Å². The maximum Gasteiger partial charge on any atom is 0.198 e. The van der Waals surface area contributed by atoms with Gasteiger partial charge in [-0.2, -0.15) is 0 Å². The Hall–Kier alpha value is -1.57. The van der Waals surface area contributed by atoms with Crippen LogP contribution in [0.3, 0.4) is 0 Å². The number of rotatable bonds is 4. The van der Waals surface area contributed by atoms with Crippen LogP contribution in [-0.4, -0.2) is 5.78 Å². The van der Waals surface area contributed by atoms with Gasteiger partial charge in [0.1, 0.15) is 5.58 Å². The third-order valence-corrected chi connectivity index (χ3v) is 4.20. The molecule has 2 nitrogen and oxygen atoms in total. The average Bonchev–Trinajstić information content (AvgIpc) is 3.04. The first kappa shape index (κ1) is 12.5. The lowest BCUT2D eigenvalue weighted by Gasteiger charge is -2.06. The van der Waals surface area contributed by atoms with E-state index in [4.69, 9.17) is 4.42 Å². The summed E-state index contributed by atoms with van der Waals surface area (Å²) < 4.78 is 5.65. The minimum Gasteiger partial charge on any atom is -0.453 e. The Morgan fingerprint density at radius 1 is 1.26 bits per heavy atom. The summed E-state index contributed by atoms with van der Waals surface area (Å²) in [6.07, 6.45) is 6.92. The first-order valence-electron chi connectivity index (χ1n) is 7.26. The summed E-state index contributed by atoms with van der Waals surface area (Å²) >= 11 is 0. The fourth-order valence-electron chi connectivity index (χ4n) is 3.06. The quantitative estimate of drug-likeness (QED) is 0.729. The minimum absolute atomic E-state index is 0.153. The predicted octanol–water partition coefficient (Wildman–Crippen LogP) is 4.89. The first-order chi connectivity index (χ1) is 9.22. The highest BCUT2D eigenvalue weighted by atomic mass is 16.3. The van der Waals surface area contributed by atoms with Crippen LogP contribution in [0.1, 0.15) is 54.6 Å². The standard InChI is InChI=1S/C17H20O2/c1-12-6-9-16-14(10-12)11-17(19-16)15(18)8-7-13-4-2-3-5-13/h6,9-11,13H,2-5,7-8H2,1H3. The number of hydrogen-bond acceptors (Lipinski definition) is 2. The topological polar surface area (TPSA) is 30.2 Å². The molecule has 0 amide bonds. The molecule has 0 bridgehead atoms. The Morgan fingerprint density at radius 2 is 2.05 bits per heavy atom. The predicted molar refractivity (Wildman–Crippen MR) is 76.5 cm³/mol. The van der Waals surface area contributed by atoms with Gasteiger partial charge in [0.05, 0.1) is 0 Å². The van der Waals surface area contributed by atoms with Gasteiger partial charge in [0, 0.05) is 11.8 Å². The Bertz CT molecular complexity index is 588. The molecule has 0 unspecified atom stereocenters. The zero-order valence-electron chi connectivity index (χ0n) is 11.4. The summed E-state index contributed by atoms with van der Waals surface area (Å²) in [5.41, 5.74) is 2.01. The van der Waals surface area contributed by atoms with E-state index in [1.54, 1.807) is 0 Å². The molecule has 0 aliphatic heterocycles. The summed E-state index contributed by atoms with van der Waals surface area (Å²) in [4.78, 5) is 12.2. The zero-order chi connectivity index (χ0) is 13.2. The number of benzene rings is 1. The second kappa shape index (κ2) is 5.20. The molecule has 2 aromatic rings. The molecule has 3 rings (SSSR count). The molecule has 1 aromatic carbocycles. The van der Waals surface area contributed by atoms with Crippen molar-refractivity contribution in [3.63, 3.8) is 0 Å². The third-order valence-electron chi connectivity index (χ3n) is 4.20. The highest BCUT2D eigenvalue weighted by Crippen LogP contribution is 2.29. The Kier molecular flexibility index (Phi) is 3.41. The summed E-state index contributed by atoms with van der Waals surface area (Å²) in [7, 11) is 0. The number of carbonyl (C=O) groups excluding carboxylic acids is 1. The average molecular weight is 256 g/mol. The van der Waals surface area contributed by atoms with Gasteiger partial charge in [0.15, 0.2) is 11.5 Å². The van der Waals surface area contributed by atoms with E-state index in [0.29, 0.717) is 12.2 Å². The number of Topliss-reactive ketones (excluding diaryl/α,β-unsaturated/α-hetero) is 1. The summed E-state index contributed by atoms with van der Waals surface area (Å²) in [6.45, 7) is 2.05. The summed E-state index contributed by atoms with van der Waals surface area (Å²) in [5.74, 6) is 1.44. The van der Waals surface area contributed by atoms with Gasteiger partial charge in [0.25, 0.3) is 0 Å². The maximum absolute atomic E-state index is 12.2. The highest BCUT2D eigenvalue weighted by molar-refractivity contribution is 5.97. The van der Waals surface area contributed by atoms with E-state index in [0.717, 1.165) is 23.3 Å². The summed E-state index contributed by atoms with van der Waals surface area (Å²) in [6, 6.07) is 7.91. The largest absolute Gasteiger partial charge is 0.453 e. The molecule has 0 atom stereocenters. The molecule has 1 fully saturated rings. The lowest BCUT2D eigenvalue weighted by molar-refractivity contribution is 0.0949. The molecule has 0 radical (unpaired) electrons. The number of ketones is 1.